The molecule has 1 N–H and O–H groups in total. The number of benzene rings is 1. The molecule has 0 saturated heterocycles. The standard InChI is InChI=1S/C7H9NOS/c1-8(9)6-4-2-3-5-7(6)10/h2-5,9-10H,1H3/p-1. The van der Waals surface area contributed by atoms with Gasteiger partial charge in [-0.2, -0.15) is 0 Å². The molecule has 0 spiro atoms. The van der Waals surface area contributed by atoms with Gasteiger partial charge in [0, 0.05) is 12.7 Å². The molecule has 0 atom stereocenters. The highest BCUT2D eigenvalue weighted by molar-refractivity contribution is 7.59. The van der Waals surface area contributed by atoms with Crippen molar-refractivity contribution in [2.45, 2.75) is 4.90 Å². The van der Waals surface area contributed by atoms with Gasteiger partial charge in [0.1, 0.15) is 0 Å². The number of rotatable bonds is 1. The number of hydrogen-bond donors (Lipinski definition) is 1. The van der Waals surface area contributed by atoms with Gasteiger partial charge < -0.3 is 12.6 Å². The number of hydrogen-bond acceptors (Lipinski definition) is 3. The molecule has 0 aliphatic carbocycles. The third-order valence-corrected chi connectivity index (χ3v) is 1.56. The molecule has 1 aromatic rings. The minimum absolute atomic E-state index is 0.660. The quantitative estimate of drug-likeness (QED) is 0.489. The number of nitrogens with zero attached hydrogens (tertiary/aromatic N) is 1. The lowest BCUT2D eigenvalue weighted by Gasteiger charge is -2.18. The third kappa shape index (κ3) is 1.37. The lowest BCUT2D eigenvalue weighted by atomic mass is 10.3. The van der Waals surface area contributed by atoms with E-state index in [0.29, 0.717) is 10.6 Å². The van der Waals surface area contributed by atoms with Crippen LogP contribution >= 0.6 is 0 Å². The highest BCUT2D eigenvalue weighted by Gasteiger charge is 1.92. The summed E-state index contributed by atoms with van der Waals surface area (Å²) in [6.45, 7) is 0. The fourth-order valence-electron chi connectivity index (χ4n) is 0.725. The fourth-order valence-corrected chi connectivity index (χ4v) is 1.00. The zero-order valence-electron chi connectivity index (χ0n) is 5.61. The first kappa shape index (κ1) is 7.31. The molecule has 0 aliphatic heterocycles. The normalized spacial score (nSPS) is 9.40. The predicted octanol–water partition coefficient (Wildman–Crippen LogP) is 1.42. The van der Waals surface area contributed by atoms with Crippen LogP contribution in [0.4, 0.5) is 5.69 Å². The molecule has 0 saturated carbocycles. The van der Waals surface area contributed by atoms with Crippen molar-refractivity contribution in [1.29, 1.82) is 0 Å². The molecule has 0 aromatic heterocycles. The molecule has 2 nitrogen and oxygen atoms in total. The molecule has 54 valence electrons. The first-order valence-electron chi connectivity index (χ1n) is 2.90. The monoisotopic (exact) mass is 154 g/mol. The van der Waals surface area contributed by atoms with E-state index in [1.54, 1.807) is 19.2 Å². The molecule has 1 rings (SSSR count). The smallest absolute Gasteiger partial charge is 0.0439 e. The molecule has 0 bridgehead atoms. The maximum atomic E-state index is 8.97. The highest BCUT2D eigenvalue weighted by Crippen LogP contribution is 2.15. The van der Waals surface area contributed by atoms with E-state index in [1.807, 2.05) is 12.1 Å². The van der Waals surface area contributed by atoms with Crippen LogP contribution in [-0.4, -0.2) is 12.3 Å². The Balaban J connectivity index is 3.03. The van der Waals surface area contributed by atoms with E-state index in [-0.39, 0.29) is 0 Å². The van der Waals surface area contributed by atoms with Gasteiger partial charge in [0.2, 0.25) is 0 Å². The van der Waals surface area contributed by atoms with Crippen LogP contribution in [0.2, 0.25) is 0 Å². The summed E-state index contributed by atoms with van der Waals surface area (Å²) in [5, 5.41) is 9.99. The summed E-state index contributed by atoms with van der Waals surface area (Å²) in [5.41, 5.74) is 0.664. The first-order chi connectivity index (χ1) is 4.72. The van der Waals surface area contributed by atoms with Crippen molar-refractivity contribution in [3.63, 3.8) is 0 Å². The van der Waals surface area contributed by atoms with Gasteiger partial charge in [0.15, 0.2) is 0 Å². The molecular weight excluding hydrogens is 146 g/mol. The first-order valence-corrected chi connectivity index (χ1v) is 3.31. The van der Waals surface area contributed by atoms with Crippen LogP contribution in [0.3, 0.4) is 0 Å². The van der Waals surface area contributed by atoms with E-state index in [0.717, 1.165) is 5.06 Å². The van der Waals surface area contributed by atoms with Gasteiger partial charge in [-0.05, 0) is 6.07 Å². The second-order valence-electron chi connectivity index (χ2n) is 1.99. The Kier molecular flexibility index (Phi) is 2.09. The van der Waals surface area contributed by atoms with E-state index < -0.39 is 0 Å². The van der Waals surface area contributed by atoms with Crippen LogP contribution in [0.5, 0.6) is 0 Å². The average Bonchev–Trinajstić information content (AvgIpc) is 1.88. The van der Waals surface area contributed by atoms with Gasteiger partial charge in [-0.25, -0.2) is 0 Å². The number of anilines is 1. The van der Waals surface area contributed by atoms with E-state index in [2.05, 4.69) is 0 Å². The molecule has 0 amide bonds. The Bertz CT molecular complexity index is 225. The van der Waals surface area contributed by atoms with Gasteiger partial charge >= 0.3 is 0 Å². The van der Waals surface area contributed by atoms with Gasteiger partial charge in [-0.1, -0.05) is 18.2 Å². The zero-order valence-corrected chi connectivity index (χ0v) is 6.43. The molecule has 0 heterocycles. The Morgan fingerprint density at radius 2 is 2.00 bits per heavy atom. The largest absolute Gasteiger partial charge is 0.778 e. The van der Waals surface area contributed by atoms with Crippen LogP contribution in [0, 0.1) is 0 Å². The van der Waals surface area contributed by atoms with Crippen LogP contribution in [-0.2, 0) is 12.6 Å². The summed E-state index contributed by atoms with van der Waals surface area (Å²) < 4.78 is 0. The van der Waals surface area contributed by atoms with Crippen molar-refractivity contribution in [3.05, 3.63) is 24.3 Å². The molecule has 0 unspecified atom stereocenters. The summed E-state index contributed by atoms with van der Waals surface area (Å²) in [5.74, 6) is 0. The zero-order chi connectivity index (χ0) is 7.56. The number of para-hydroxylation sites is 1. The van der Waals surface area contributed by atoms with Gasteiger partial charge in [0.05, 0.1) is 0 Å². The summed E-state index contributed by atoms with van der Waals surface area (Å²) in [6.07, 6.45) is 0. The van der Waals surface area contributed by atoms with Gasteiger partial charge in [-0.3, -0.25) is 10.3 Å². The van der Waals surface area contributed by atoms with E-state index in [1.165, 1.54) is 0 Å². The van der Waals surface area contributed by atoms with Crippen molar-refractivity contribution < 1.29 is 5.21 Å². The predicted molar refractivity (Wildman–Crippen MR) is 42.3 cm³/mol. The SMILES string of the molecule is CN(O)c1ccccc1[S-]. The Hall–Kier alpha value is -0.800. The van der Waals surface area contributed by atoms with Crippen molar-refractivity contribution >= 4 is 18.3 Å². The maximum absolute atomic E-state index is 8.97. The minimum Gasteiger partial charge on any atom is -0.778 e. The Labute approximate surface area is 65.5 Å². The van der Waals surface area contributed by atoms with Crippen LogP contribution in [0.25, 0.3) is 0 Å². The van der Waals surface area contributed by atoms with Gasteiger partial charge in [0.25, 0.3) is 0 Å². The molecular formula is C7H8NOS-. The Morgan fingerprint density at radius 1 is 1.40 bits per heavy atom. The highest BCUT2D eigenvalue weighted by atomic mass is 32.1. The van der Waals surface area contributed by atoms with Crippen molar-refractivity contribution in [2.24, 2.45) is 0 Å². The summed E-state index contributed by atoms with van der Waals surface area (Å²) in [4.78, 5) is 0.660. The van der Waals surface area contributed by atoms with Gasteiger partial charge in [-0.15, -0.1) is 4.90 Å². The van der Waals surface area contributed by atoms with Crippen molar-refractivity contribution in [2.75, 3.05) is 12.1 Å². The minimum atomic E-state index is 0.660. The Morgan fingerprint density at radius 3 is 2.40 bits per heavy atom. The summed E-state index contributed by atoms with van der Waals surface area (Å²) in [7, 11) is 1.55. The van der Waals surface area contributed by atoms with Crippen molar-refractivity contribution in [1.82, 2.24) is 0 Å². The molecule has 10 heavy (non-hydrogen) atoms. The van der Waals surface area contributed by atoms with E-state index in [9.17, 15) is 0 Å². The van der Waals surface area contributed by atoms with Crippen LogP contribution in [0.1, 0.15) is 0 Å². The topological polar surface area (TPSA) is 23.5 Å². The number of hydroxylamine groups is 1. The average molecular weight is 154 g/mol. The summed E-state index contributed by atoms with van der Waals surface area (Å²) in [6, 6.07) is 7.22. The molecule has 1 aromatic carbocycles. The molecule has 0 aliphatic rings. The van der Waals surface area contributed by atoms with Crippen LogP contribution in [0.15, 0.2) is 29.2 Å². The lowest BCUT2D eigenvalue weighted by molar-refractivity contribution is 0.277. The van der Waals surface area contributed by atoms with Crippen molar-refractivity contribution in [3.8, 4) is 0 Å². The summed E-state index contributed by atoms with van der Waals surface area (Å²) >= 11 is 4.93. The molecule has 0 fully saturated rings. The second kappa shape index (κ2) is 2.86. The lowest BCUT2D eigenvalue weighted by Crippen LogP contribution is -2.10. The van der Waals surface area contributed by atoms with Crippen LogP contribution < -0.4 is 5.06 Å². The van der Waals surface area contributed by atoms with E-state index in [4.69, 9.17) is 17.8 Å². The third-order valence-electron chi connectivity index (χ3n) is 1.21. The maximum Gasteiger partial charge on any atom is 0.0439 e. The fraction of sp³-hybridized carbons (Fsp3) is 0.143. The molecule has 0 radical (unpaired) electrons. The molecule has 3 heteroatoms. The van der Waals surface area contributed by atoms with E-state index >= 15 is 0 Å². The second-order valence-corrected chi connectivity index (χ2v) is 2.43.